The Morgan fingerprint density at radius 1 is 1.04 bits per heavy atom. The number of rotatable bonds is 5. The fourth-order valence-electron chi connectivity index (χ4n) is 2.34. The zero-order valence-corrected chi connectivity index (χ0v) is 14.8. The first-order chi connectivity index (χ1) is 11.3. The van der Waals surface area contributed by atoms with Crippen molar-refractivity contribution in [3.63, 3.8) is 0 Å². The van der Waals surface area contributed by atoms with Crippen molar-refractivity contribution in [3.05, 3.63) is 65.2 Å². The van der Waals surface area contributed by atoms with Gasteiger partial charge in [0.05, 0.1) is 10.7 Å². The van der Waals surface area contributed by atoms with E-state index in [0.29, 0.717) is 17.3 Å². The molecular weight excluding hydrogens is 324 g/mol. The number of carbonyl (C=O) groups is 2. The van der Waals surface area contributed by atoms with Crippen LogP contribution in [0.15, 0.2) is 54.6 Å². The quantitative estimate of drug-likeness (QED) is 0.834. The van der Waals surface area contributed by atoms with Gasteiger partial charge in [-0.1, -0.05) is 54.1 Å². The summed E-state index contributed by atoms with van der Waals surface area (Å²) in [7, 11) is 1.69. The van der Waals surface area contributed by atoms with Gasteiger partial charge in [0.25, 0.3) is 0 Å². The molecule has 0 radical (unpaired) electrons. The summed E-state index contributed by atoms with van der Waals surface area (Å²) in [6.45, 7) is 3.68. The number of anilines is 1. The molecule has 1 N–H and O–H groups in total. The van der Waals surface area contributed by atoms with Crippen LogP contribution in [0.25, 0.3) is 0 Å². The molecule has 0 aliphatic carbocycles. The molecule has 0 saturated carbocycles. The molecule has 2 rings (SSSR count). The van der Waals surface area contributed by atoms with Crippen molar-refractivity contribution < 1.29 is 9.59 Å². The number of halogens is 1. The van der Waals surface area contributed by atoms with E-state index in [9.17, 15) is 9.59 Å². The van der Waals surface area contributed by atoms with Gasteiger partial charge >= 0.3 is 0 Å². The highest BCUT2D eigenvalue weighted by atomic mass is 35.5. The largest absolute Gasteiger partial charge is 0.341 e. The second-order valence-electron chi connectivity index (χ2n) is 6.21. The van der Waals surface area contributed by atoms with Crippen LogP contribution < -0.4 is 5.32 Å². The summed E-state index contributed by atoms with van der Waals surface area (Å²) in [6.07, 6.45) is 0. The Labute approximate surface area is 147 Å². The second kappa shape index (κ2) is 7.49. The second-order valence-corrected chi connectivity index (χ2v) is 6.61. The van der Waals surface area contributed by atoms with Gasteiger partial charge in [0.1, 0.15) is 5.41 Å². The van der Waals surface area contributed by atoms with Crippen molar-refractivity contribution in [1.29, 1.82) is 0 Å². The SMILES string of the molecule is CN(Cc1ccccc1)C(=O)C(C)(C)C(=O)Nc1ccccc1Cl. The van der Waals surface area contributed by atoms with E-state index in [1.54, 1.807) is 50.1 Å². The number of hydrogen-bond donors (Lipinski definition) is 1. The topological polar surface area (TPSA) is 49.4 Å². The monoisotopic (exact) mass is 344 g/mol. The molecule has 0 spiro atoms. The number of nitrogens with zero attached hydrogens (tertiary/aromatic N) is 1. The van der Waals surface area contributed by atoms with Crippen molar-refractivity contribution >= 4 is 29.1 Å². The lowest BCUT2D eigenvalue weighted by atomic mass is 9.90. The third kappa shape index (κ3) is 4.15. The van der Waals surface area contributed by atoms with Gasteiger partial charge in [0, 0.05) is 13.6 Å². The molecule has 0 heterocycles. The number of nitrogens with one attached hydrogen (secondary N) is 1. The predicted molar refractivity (Wildman–Crippen MR) is 96.8 cm³/mol. The van der Waals surface area contributed by atoms with Crippen molar-refractivity contribution in [3.8, 4) is 0 Å². The lowest BCUT2D eigenvalue weighted by Gasteiger charge is -2.28. The summed E-state index contributed by atoms with van der Waals surface area (Å²) < 4.78 is 0. The molecule has 2 aromatic rings. The van der Waals surface area contributed by atoms with E-state index in [0.717, 1.165) is 5.56 Å². The first kappa shape index (κ1) is 18.0. The van der Waals surface area contributed by atoms with Crippen molar-refractivity contribution in [2.24, 2.45) is 5.41 Å². The fraction of sp³-hybridized carbons (Fsp3) is 0.263. The maximum Gasteiger partial charge on any atom is 0.239 e. The normalized spacial score (nSPS) is 11.0. The average Bonchev–Trinajstić information content (AvgIpc) is 2.57. The Balaban J connectivity index is 2.08. The first-order valence-corrected chi connectivity index (χ1v) is 8.05. The maximum absolute atomic E-state index is 12.7. The van der Waals surface area contributed by atoms with E-state index >= 15 is 0 Å². The highest BCUT2D eigenvalue weighted by Gasteiger charge is 2.38. The third-order valence-electron chi connectivity index (χ3n) is 3.83. The zero-order chi connectivity index (χ0) is 17.7. The van der Waals surface area contributed by atoms with Crippen molar-refractivity contribution in [2.45, 2.75) is 20.4 Å². The summed E-state index contributed by atoms with van der Waals surface area (Å²) in [5, 5.41) is 3.17. The summed E-state index contributed by atoms with van der Waals surface area (Å²) in [5.74, 6) is -0.642. The molecule has 4 nitrogen and oxygen atoms in total. The highest BCUT2D eigenvalue weighted by molar-refractivity contribution is 6.33. The molecule has 0 aliphatic heterocycles. The van der Waals surface area contributed by atoms with Gasteiger partial charge in [-0.3, -0.25) is 9.59 Å². The molecule has 0 unspecified atom stereocenters. The van der Waals surface area contributed by atoms with E-state index in [1.165, 1.54) is 0 Å². The van der Waals surface area contributed by atoms with Crippen LogP contribution in [0.5, 0.6) is 0 Å². The number of amides is 2. The van der Waals surface area contributed by atoms with Gasteiger partial charge in [-0.25, -0.2) is 0 Å². The Morgan fingerprint density at radius 3 is 2.25 bits per heavy atom. The predicted octanol–water partition coefficient (Wildman–Crippen LogP) is 3.96. The number of hydrogen-bond acceptors (Lipinski definition) is 2. The van der Waals surface area contributed by atoms with Gasteiger partial charge < -0.3 is 10.2 Å². The minimum absolute atomic E-state index is 0.254. The summed E-state index contributed by atoms with van der Waals surface area (Å²) in [4.78, 5) is 26.8. The lowest BCUT2D eigenvalue weighted by molar-refractivity contribution is -0.145. The van der Waals surface area contributed by atoms with E-state index in [4.69, 9.17) is 11.6 Å². The molecule has 0 aliphatic rings. The standard InChI is InChI=1S/C19H21ClN2O2/c1-19(2,17(23)21-16-12-8-7-11-15(16)20)18(24)22(3)13-14-9-5-4-6-10-14/h4-12H,13H2,1-3H3,(H,21,23). The molecule has 0 saturated heterocycles. The van der Waals surface area contributed by atoms with Crippen LogP contribution in [0.2, 0.25) is 5.02 Å². The molecule has 0 aromatic heterocycles. The smallest absolute Gasteiger partial charge is 0.239 e. The van der Waals surface area contributed by atoms with Crippen LogP contribution in [0.1, 0.15) is 19.4 Å². The van der Waals surface area contributed by atoms with Crippen molar-refractivity contribution in [2.75, 3.05) is 12.4 Å². The molecule has 0 atom stereocenters. The first-order valence-electron chi connectivity index (χ1n) is 7.68. The van der Waals surface area contributed by atoms with Gasteiger partial charge in [0.2, 0.25) is 11.8 Å². The molecule has 126 valence electrons. The minimum Gasteiger partial charge on any atom is -0.341 e. The molecule has 2 amide bonds. The van der Waals surface area contributed by atoms with Crippen LogP contribution in [0.4, 0.5) is 5.69 Å². The van der Waals surface area contributed by atoms with Crippen LogP contribution in [0, 0.1) is 5.41 Å². The lowest BCUT2D eigenvalue weighted by Crippen LogP contribution is -2.45. The fourth-order valence-corrected chi connectivity index (χ4v) is 2.53. The van der Waals surface area contributed by atoms with Crippen LogP contribution >= 0.6 is 11.6 Å². The number of para-hydroxylation sites is 1. The van der Waals surface area contributed by atoms with Crippen LogP contribution in [-0.2, 0) is 16.1 Å². The molecule has 2 aromatic carbocycles. The average molecular weight is 345 g/mol. The summed E-state index contributed by atoms with van der Waals surface area (Å²) in [6, 6.07) is 16.6. The van der Waals surface area contributed by atoms with Crippen LogP contribution in [0.3, 0.4) is 0 Å². The minimum atomic E-state index is -1.21. The van der Waals surface area contributed by atoms with E-state index in [1.807, 2.05) is 30.3 Å². The van der Waals surface area contributed by atoms with Gasteiger partial charge in [0.15, 0.2) is 0 Å². The zero-order valence-electron chi connectivity index (χ0n) is 14.0. The molecule has 0 fully saturated rings. The molecule has 0 bridgehead atoms. The summed E-state index contributed by atoms with van der Waals surface area (Å²) >= 11 is 6.06. The molecule has 24 heavy (non-hydrogen) atoms. The number of benzene rings is 2. The Kier molecular flexibility index (Phi) is 5.62. The van der Waals surface area contributed by atoms with E-state index in [-0.39, 0.29) is 11.8 Å². The van der Waals surface area contributed by atoms with Crippen LogP contribution in [-0.4, -0.2) is 23.8 Å². The van der Waals surface area contributed by atoms with E-state index < -0.39 is 5.41 Å². The Morgan fingerprint density at radius 2 is 1.62 bits per heavy atom. The van der Waals surface area contributed by atoms with E-state index in [2.05, 4.69) is 5.32 Å². The maximum atomic E-state index is 12.7. The number of carbonyl (C=O) groups excluding carboxylic acids is 2. The summed E-state index contributed by atoms with van der Waals surface area (Å²) in [5.41, 5.74) is 0.300. The molecule has 5 heteroatoms. The third-order valence-corrected chi connectivity index (χ3v) is 4.16. The van der Waals surface area contributed by atoms with Crippen molar-refractivity contribution in [1.82, 2.24) is 4.90 Å². The van der Waals surface area contributed by atoms with Gasteiger partial charge in [-0.05, 0) is 31.5 Å². The van der Waals surface area contributed by atoms with Gasteiger partial charge in [-0.15, -0.1) is 0 Å². The Hall–Kier alpha value is -2.33. The molecular formula is C19H21ClN2O2. The highest BCUT2D eigenvalue weighted by Crippen LogP contribution is 2.26. The Bertz CT molecular complexity index is 729. The van der Waals surface area contributed by atoms with Gasteiger partial charge in [-0.2, -0.15) is 0 Å².